The molecule has 0 bridgehead atoms. The summed E-state index contributed by atoms with van der Waals surface area (Å²) >= 11 is 0. The first-order valence-electron chi connectivity index (χ1n) is 10.6. The average molecular weight is 427 g/mol. The van der Waals surface area contributed by atoms with Crippen LogP contribution in [0.5, 0.6) is 0 Å². The number of benzene rings is 2. The number of nitrogens with one attached hydrogen (secondary N) is 1. The first-order valence-corrected chi connectivity index (χ1v) is 12.2. The van der Waals surface area contributed by atoms with Gasteiger partial charge in [0.15, 0.2) is 0 Å². The van der Waals surface area contributed by atoms with Crippen LogP contribution in [0, 0.1) is 5.92 Å². The molecule has 160 valence electrons. The summed E-state index contributed by atoms with van der Waals surface area (Å²) < 4.78 is 26.5. The van der Waals surface area contributed by atoms with E-state index in [1.54, 1.807) is 17.0 Å². The number of piperidine rings is 1. The number of rotatable bonds is 8. The van der Waals surface area contributed by atoms with Crippen LogP contribution in [-0.4, -0.2) is 32.4 Å². The smallest absolute Gasteiger partial charge is 0.324 e. The number of hydrogen-bond acceptors (Lipinski definition) is 3. The van der Waals surface area contributed by atoms with Gasteiger partial charge in [-0.2, -0.15) is 0 Å². The van der Waals surface area contributed by atoms with Crippen LogP contribution in [0.2, 0.25) is 0 Å². The van der Waals surface area contributed by atoms with Crippen LogP contribution in [0.3, 0.4) is 0 Å². The van der Waals surface area contributed by atoms with Crippen LogP contribution in [0.15, 0.2) is 66.1 Å². The van der Waals surface area contributed by atoms with Crippen molar-refractivity contribution in [3.8, 4) is 0 Å². The van der Waals surface area contributed by atoms with Crippen molar-refractivity contribution in [1.82, 2.24) is 9.62 Å². The third kappa shape index (κ3) is 7.34. The van der Waals surface area contributed by atoms with Gasteiger partial charge in [0.1, 0.15) is 0 Å². The van der Waals surface area contributed by atoms with E-state index in [4.69, 9.17) is 0 Å². The second kappa shape index (κ2) is 11.0. The molecule has 1 saturated heterocycles. The van der Waals surface area contributed by atoms with Crippen LogP contribution >= 0.6 is 0 Å². The topological polar surface area (TPSA) is 66.5 Å². The van der Waals surface area contributed by atoms with Gasteiger partial charge in [-0.1, -0.05) is 73.5 Å². The highest BCUT2D eigenvalue weighted by atomic mass is 32.2. The number of carbonyl (C=O) groups is 1. The molecule has 2 amide bonds. The van der Waals surface area contributed by atoms with E-state index >= 15 is 0 Å². The van der Waals surface area contributed by atoms with Gasteiger partial charge in [-0.15, -0.1) is 0 Å². The minimum absolute atomic E-state index is 0.532. The van der Waals surface area contributed by atoms with E-state index in [1.807, 2.05) is 24.3 Å². The minimum atomic E-state index is -3.81. The molecule has 3 rings (SSSR count). The van der Waals surface area contributed by atoms with Gasteiger partial charge in [0, 0.05) is 13.1 Å². The predicted octanol–water partition coefficient (Wildman–Crippen LogP) is 4.82. The van der Waals surface area contributed by atoms with Crippen molar-refractivity contribution in [3.05, 3.63) is 77.2 Å². The Morgan fingerprint density at radius 3 is 2.27 bits per heavy atom. The summed E-state index contributed by atoms with van der Waals surface area (Å²) in [4.78, 5) is 14.0. The van der Waals surface area contributed by atoms with E-state index in [1.165, 1.54) is 30.9 Å². The lowest BCUT2D eigenvalue weighted by Crippen LogP contribution is -2.45. The molecule has 0 atom stereocenters. The molecule has 0 radical (unpaired) electrons. The highest BCUT2D eigenvalue weighted by Gasteiger charge is 2.24. The van der Waals surface area contributed by atoms with Gasteiger partial charge in [0.25, 0.3) is 10.0 Å². The molecule has 0 aromatic heterocycles. The summed E-state index contributed by atoms with van der Waals surface area (Å²) in [5, 5.41) is 1.04. The largest absolute Gasteiger partial charge is 0.331 e. The Hall–Kier alpha value is -2.60. The highest BCUT2D eigenvalue weighted by molar-refractivity contribution is 7.93. The van der Waals surface area contributed by atoms with Crippen molar-refractivity contribution < 1.29 is 13.2 Å². The second-order valence-corrected chi connectivity index (χ2v) is 9.39. The molecule has 5 nitrogen and oxygen atoms in total. The van der Waals surface area contributed by atoms with Crippen LogP contribution in [-0.2, 0) is 16.4 Å². The Bertz CT molecular complexity index is 919. The van der Waals surface area contributed by atoms with Crippen LogP contribution < -0.4 is 4.72 Å². The number of sulfonamides is 1. The van der Waals surface area contributed by atoms with Crippen molar-refractivity contribution in [2.24, 2.45) is 5.92 Å². The maximum absolute atomic E-state index is 12.4. The molecule has 1 fully saturated rings. The molecule has 1 aliphatic rings. The van der Waals surface area contributed by atoms with E-state index in [0.29, 0.717) is 19.0 Å². The highest BCUT2D eigenvalue weighted by Crippen LogP contribution is 2.23. The number of unbranched alkanes of at least 4 members (excludes halogenated alkanes) is 1. The van der Waals surface area contributed by atoms with Gasteiger partial charge in [0.05, 0.1) is 5.41 Å². The van der Waals surface area contributed by atoms with Crippen LogP contribution in [0.4, 0.5) is 4.79 Å². The summed E-state index contributed by atoms with van der Waals surface area (Å²) in [6.07, 6.45) is 7.98. The molecule has 30 heavy (non-hydrogen) atoms. The number of urea groups is 1. The molecule has 0 unspecified atom stereocenters. The van der Waals surface area contributed by atoms with E-state index < -0.39 is 16.1 Å². The maximum atomic E-state index is 12.4. The Balaban J connectivity index is 1.36. The Labute approximate surface area is 179 Å². The van der Waals surface area contributed by atoms with Gasteiger partial charge in [-0.3, -0.25) is 0 Å². The summed E-state index contributed by atoms with van der Waals surface area (Å²) in [7, 11) is -3.81. The van der Waals surface area contributed by atoms with Gasteiger partial charge < -0.3 is 4.90 Å². The monoisotopic (exact) mass is 426 g/mol. The second-order valence-electron chi connectivity index (χ2n) is 7.83. The van der Waals surface area contributed by atoms with E-state index in [-0.39, 0.29) is 0 Å². The molecule has 0 saturated carbocycles. The number of hydrogen-bond donors (Lipinski definition) is 1. The van der Waals surface area contributed by atoms with Crippen molar-refractivity contribution >= 4 is 22.1 Å². The zero-order chi connectivity index (χ0) is 21.2. The van der Waals surface area contributed by atoms with E-state index in [0.717, 1.165) is 30.2 Å². The molecular weight excluding hydrogens is 396 g/mol. The Morgan fingerprint density at radius 2 is 1.60 bits per heavy atom. The Morgan fingerprint density at radius 1 is 0.967 bits per heavy atom. The molecule has 1 N–H and O–H groups in total. The predicted molar refractivity (Wildman–Crippen MR) is 121 cm³/mol. The summed E-state index contributed by atoms with van der Waals surface area (Å²) in [6.45, 7) is 1.21. The standard InChI is InChI=1S/C24H30N2O3S/c27-24(25-30(28,29)20-17-22-11-5-2-6-12-22)26-18-15-23(16-19-26)14-8-7-13-21-9-3-1-4-10-21/h1-6,9-12,17,20,23H,7-8,13-16,18-19H2,(H,25,27)/b20-17+. The fourth-order valence-corrected chi connectivity index (χ4v) is 4.56. The fraction of sp³-hybridized carbons (Fsp3) is 0.375. The third-order valence-corrected chi connectivity index (χ3v) is 6.49. The number of aryl methyl sites for hydroxylation is 1. The first-order chi connectivity index (χ1) is 14.5. The molecule has 0 spiro atoms. The molecular formula is C24H30N2O3S. The van der Waals surface area contributed by atoms with Crippen molar-refractivity contribution in [1.29, 1.82) is 0 Å². The van der Waals surface area contributed by atoms with Gasteiger partial charge in [0.2, 0.25) is 0 Å². The van der Waals surface area contributed by atoms with Gasteiger partial charge in [-0.25, -0.2) is 17.9 Å². The van der Waals surface area contributed by atoms with E-state index in [9.17, 15) is 13.2 Å². The Kier molecular flexibility index (Phi) is 8.08. The molecule has 0 aliphatic carbocycles. The summed E-state index contributed by atoms with van der Waals surface area (Å²) in [6, 6.07) is 19.1. The molecule has 2 aromatic rings. The molecule has 1 heterocycles. The minimum Gasteiger partial charge on any atom is -0.324 e. The number of likely N-dealkylation sites (tertiary alicyclic amines) is 1. The summed E-state index contributed by atoms with van der Waals surface area (Å²) in [5.74, 6) is 0.611. The van der Waals surface area contributed by atoms with Crippen LogP contribution in [0.25, 0.3) is 6.08 Å². The summed E-state index contributed by atoms with van der Waals surface area (Å²) in [5.41, 5.74) is 2.15. The van der Waals surface area contributed by atoms with Gasteiger partial charge >= 0.3 is 6.03 Å². The van der Waals surface area contributed by atoms with E-state index in [2.05, 4.69) is 29.0 Å². The lowest BCUT2D eigenvalue weighted by molar-refractivity contribution is 0.172. The SMILES string of the molecule is O=C(NS(=O)(=O)/C=C/c1ccccc1)N1CCC(CCCCc2ccccc2)CC1. The quantitative estimate of drug-likeness (QED) is 0.615. The normalized spacial score (nSPS) is 15.4. The lowest BCUT2D eigenvalue weighted by atomic mass is 9.91. The average Bonchev–Trinajstić information content (AvgIpc) is 2.77. The number of amides is 2. The first kappa shape index (κ1) is 22.1. The number of nitrogens with zero attached hydrogens (tertiary/aromatic N) is 1. The zero-order valence-corrected chi connectivity index (χ0v) is 18.1. The zero-order valence-electron chi connectivity index (χ0n) is 17.2. The molecule has 1 aliphatic heterocycles. The lowest BCUT2D eigenvalue weighted by Gasteiger charge is -2.31. The molecule has 2 aromatic carbocycles. The van der Waals surface area contributed by atoms with Gasteiger partial charge in [-0.05, 0) is 48.8 Å². The fourth-order valence-electron chi connectivity index (χ4n) is 3.78. The van der Waals surface area contributed by atoms with Crippen LogP contribution in [0.1, 0.15) is 43.2 Å². The number of carbonyl (C=O) groups excluding carboxylic acids is 1. The molecule has 6 heteroatoms. The van der Waals surface area contributed by atoms with Crippen molar-refractivity contribution in [2.45, 2.75) is 38.5 Å². The maximum Gasteiger partial charge on any atom is 0.331 e. The third-order valence-electron chi connectivity index (χ3n) is 5.54. The van der Waals surface area contributed by atoms with Crippen molar-refractivity contribution in [2.75, 3.05) is 13.1 Å². The van der Waals surface area contributed by atoms with Crippen molar-refractivity contribution in [3.63, 3.8) is 0 Å².